The highest BCUT2D eigenvalue weighted by Gasteiger charge is 2.14. The molecule has 0 amide bonds. The fourth-order valence-corrected chi connectivity index (χ4v) is 5.98. The molecule has 7 heteroatoms. The molecule has 2 rings (SSSR count). The highest BCUT2D eigenvalue weighted by Crippen LogP contribution is 2.33. The summed E-state index contributed by atoms with van der Waals surface area (Å²) >= 11 is 1.76. The van der Waals surface area contributed by atoms with E-state index in [2.05, 4.69) is 97.9 Å². The topological polar surface area (TPSA) is 55.3 Å². The van der Waals surface area contributed by atoms with E-state index in [1.807, 2.05) is 59.0 Å². The Morgan fingerprint density at radius 2 is 1.76 bits per heavy atom. The predicted molar refractivity (Wildman–Crippen MR) is 224 cm³/mol. The van der Waals surface area contributed by atoms with Gasteiger partial charge in [-0.05, 0) is 95.0 Å². The van der Waals surface area contributed by atoms with Gasteiger partial charge in [0.05, 0.1) is 0 Å². The van der Waals surface area contributed by atoms with Gasteiger partial charge in [0.2, 0.25) is 5.96 Å². The Morgan fingerprint density at radius 1 is 1.04 bits per heavy atom. The summed E-state index contributed by atoms with van der Waals surface area (Å²) in [5.41, 5.74) is 4.79. The Kier molecular flexibility index (Phi) is 27.6. The van der Waals surface area contributed by atoms with Crippen LogP contribution in [-0.2, 0) is 0 Å². The molecule has 49 heavy (non-hydrogen) atoms. The predicted octanol–water partition coefficient (Wildman–Crippen LogP) is 10.9. The fraction of sp³-hybridized carbons (Fsp3) is 0.524. The number of amidine groups is 1. The molecule has 0 aromatic heterocycles. The van der Waals surface area contributed by atoms with Crippen LogP contribution in [0.15, 0.2) is 118 Å². The summed E-state index contributed by atoms with van der Waals surface area (Å²) in [4.78, 5) is 15.5. The van der Waals surface area contributed by atoms with Crippen LogP contribution in [-0.4, -0.2) is 62.4 Å². The van der Waals surface area contributed by atoms with Crippen molar-refractivity contribution in [1.82, 2.24) is 19.8 Å². The Labute approximate surface area is 306 Å². The largest absolute Gasteiger partial charge is 0.375 e. The highest BCUT2D eigenvalue weighted by molar-refractivity contribution is 8.01. The zero-order valence-electron chi connectivity index (χ0n) is 32.7. The van der Waals surface area contributed by atoms with Gasteiger partial charge in [-0.2, -0.15) is 0 Å². The van der Waals surface area contributed by atoms with Crippen LogP contribution in [0.4, 0.5) is 0 Å². The van der Waals surface area contributed by atoms with Crippen LogP contribution >= 0.6 is 11.9 Å². The molecule has 1 fully saturated rings. The second-order valence-electron chi connectivity index (χ2n) is 11.9. The molecule has 0 radical (unpaired) electrons. The SMILES string of the molecule is C/C=C\C1=C(SNC)CCC=C1CC.C=C/C=C\C=C/C(=C)NC(=NCC1CCCCC1)/N=C(\C)N(C)CCC(=C)N(C)C/C=C\C.CC. The maximum Gasteiger partial charge on any atom is 0.224 e. The first-order valence-corrected chi connectivity index (χ1v) is 19.1. The van der Waals surface area contributed by atoms with Gasteiger partial charge in [0, 0.05) is 56.4 Å². The molecule has 2 N–H and O–H groups in total. The second kappa shape index (κ2) is 29.6. The van der Waals surface area contributed by atoms with E-state index < -0.39 is 0 Å². The van der Waals surface area contributed by atoms with Gasteiger partial charge in [-0.3, -0.25) is 9.71 Å². The first-order chi connectivity index (χ1) is 23.7. The number of nitrogens with zero attached hydrogens (tertiary/aromatic N) is 4. The van der Waals surface area contributed by atoms with Crippen LogP contribution in [0.2, 0.25) is 0 Å². The number of guanidine groups is 1. The zero-order chi connectivity index (χ0) is 36.9. The Morgan fingerprint density at radius 3 is 2.37 bits per heavy atom. The molecule has 6 nitrogen and oxygen atoms in total. The lowest BCUT2D eigenvalue weighted by Crippen LogP contribution is -2.30. The van der Waals surface area contributed by atoms with Crippen LogP contribution in [0, 0.1) is 5.92 Å². The average molecular weight is 691 g/mol. The number of nitrogens with one attached hydrogen (secondary N) is 2. The minimum absolute atomic E-state index is 0.622. The Bertz CT molecular complexity index is 1210. The van der Waals surface area contributed by atoms with E-state index in [1.54, 1.807) is 18.0 Å². The summed E-state index contributed by atoms with van der Waals surface area (Å²) in [6.07, 6.45) is 31.2. The molecule has 0 aliphatic heterocycles. The van der Waals surface area contributed by atoms with Gasteiger partial charge in [0.15, 0.2) is 0 Å². The number of aliphatic imine (C=N–C) groups is 2. The van der Waals surface area contributed by atoms with Crippen molar-refractivity contribution < 1.29 is 0 Å². The van der Waals surface area contributed by atoms with Gasteiger partial charge in [-0.1, -0.05) is 114 Å². The van der Waals surface area contributed by atoms with E-state index in [0.717, 1.165) is 49.7 Å². The van der Waals surface area contributed by atoms with E-state index >= 15 is 0 Å². The van der Waals surface area contributed by atoms with Crippen molar-refractivity contribution >= 4 is 23.7 Å². The summed E-state index contributed by atoms with van der Waals surface area (Å²) in [5, 5.41) is 3.29. The molecule has 2 aliphatic carbocycles. The minimum Gasteiger partial charge on any atom is -0.375 e. The lowest BCUT2D eigenvalue weighted by atomic mass is 9.89. The Hall–Kier alpha value is -3.29. The fourth-order valence-electron chi connectivity index (χ4n) is 5.20. The number of likely N-dealkylation sites (N-methyl/N-ethyl adjacent to an activating group) is 1. The van der Waals surface area contributed by atoms with E-state index in [-0.39, 0.29) is 0 Å². The summed E-state index contributed by atoms with van der Waals surface area (Å²) in [7, 11) is 6.12. The minimum atomic E-state index is 0.622. The molecule has 274 valence electrons. The van der Waals surface area contributed by atoms with Crippen LogP contribution < -0.4 is 10.0 Å². The molecule has 0 aromatic carbocycles. The van der Waals surface area contributed by atoms with Gasteiger partial charge >= 0.3 is 0 Å². The van der Waals surface area contributed by atoms with Crippen molar-refractivity contribution in [2.45, 2.75) is 99.3 Å². The molecular formula is C42H70N6S. The van der Waals surface area contributed by atoms with Gasteiger partial charge < -0.3 is 15.1 Å². The average Bonchev–Trinajstić information content (AvgIpc) is 3.12. The van der Waals surface area contributed by atoms with Crippen LogP contribution in [0.3, 0.4) is 0 Å². The van der Waals surface area contributed by atoms with E-state index in [1.165, 1.54) is 61.0 Å². The smallest absolute Gasteiger partial charge is 0.224 e. The summed E-state index contributed by atoms with van der Waals surface area (Å²) in [6.45, 7) is 26.9. The normalized spacial score (nSPS) is 16.0. The lowest BCUT2D eigenvalue weighted by Gasteiger charge is -2.24. The summed E-state index contributed by atoms with van der Waals surface area (Å²) < 4.78 is 3.17. The third-order valence-corrected chi connectivity index (χ3v) is 9.09. The van der Waals surface area contributed by atoms with E-state index in [4.69, 9.17) is 9.98 Å². The van der Waals surface area contributed by atoms with Crippen molar-refractivity contribution in [2.75, 3.05) is 40.8 Å². The molecule has 1 saturated carbocycles. The van der Waals surface area contributed by atoms with Crippen LogP contribution in [0.1, 0.15) is 99.3 Å². The van der Waals surface area contributed by atoms with E-state index in [0.29, 0.717) is 11.9 Å². The number of allylic oxidation sites excluding steroid dienone is 12. The van der Waals surface area contributed by atoms with Crippen LogP contribution in [0.5, 0.6) is 0 Å². The standard InChI is InChI=1S/C28H45N5.C12H19NS.C2H6/c1-8-10-12-14-17-24(3)30-28(29-23-27-18-15-13-16-19-27)31-26(5)33(7)22-20-25(4)32(6)21-11-9-2;1-4-7-11-10(5-2)8-6-9-12(11)14-13-3;1-2/h8-12,14,17,27H,1,3-4,13,15-16,18-23H2,2,5-7H3,(H,29,30);4,7-8,13H,5-6,9H2,1-3H3;1-2H3/b11-9-,12-10-,17-14-,31-26+;7-4-;. The molecule has 0 spiro atoms. The first-order valence-electron chi connectivity index (χ1n) is 18.3. The maximum atomic E-state index is 4.84. The molecular weight excluding hydrogens is 621 g/mol. The molecule has 0 saturated heterocycles. The summed E-state index contributed by atoms with van der Waals surface area (Å²) in [5.74, 6) is 2.19. The van der Waals surface area contributed by atoms with Gasteiger partial charge in [-0.25, -0.2) is 4.99 Å². The second-order valence-corrected chi connectivity index (χ2v) is 13.0. The number of hydrogen-bond acceptors (Lipinski definition) is 4. The first kappa shape index (κ1) is 45.7. The number of rotatable bonds is 16. The van der Waals surface area contributed by atoms with Crippen molar-refractivity contribution in [3.63, 3.8) is 0 Å². The lowest BCUT2D eigenvalue weighted by molar-refractivity contribution is 0.366. The zero-order valence-corrected chi connectivity index (χ0v) is 33.5. The van der Waals surface area contributed by atoms with Crippen molar-refractivity contribution in [3.8, 4) is 0 Å². The molecule has 0 atom stereocenters. The van der Waals surface area contributed by atoms with Crippen LogP contribution in [0.25, 0.3) is 0 Å². The Balaban J connectivity index is 0.00000119. The monoisotopic (exact) mass is 691 g/mol. The van der Waals surface area contributed by atoms with Crippen molar-refractivity contribution in [1.29, 1.82) is 0 Å². The molecule has 0 aromatic rings. The van der Waals surface area contributed by atoms with Crippen molar-refractivity contribution in [2.24, 2.45) is 15.9 Å². The van der Waals surface area contributed by atoms with Gasteiger partial charge in [0.1, 0.15) is 5.84 Å². The molecule has 0 unspecified atom stereocenters. The molecule has 0 bridgehead atoms. The third kappa shape index (κ3) is 20.7. The number of hydrogen-bond donors (Lipinski definition) is 2. The summed E-state index contributed by atoms with van der Waals surface area (Å²) in [6, 6.07) is 0. The quantitative estimate of drug-likeness (QED) is 0.0555. The highest BCUT2D eigenvalue weighted by atomic mass is 32.2. The maximum absolute atomic E-state index is 4.84. The van der Waals surface area contributed by atoms with Gasteiger partial charge in [-0.15, -0.1) is 0 Å². The van der Waals surface area contributed by atoms with Gasteiger partial charge in [0.25, 0.3) is 0 Å². The molecule has 2 aliphatic rings. The third-order valence-electron chi connectivity index (χ3n) is 8.21. The molecule has 0 heterocycles. The van der Waals surface area contributed by atoms with E-state index in [9.17, 15) is 0 Å². The van der Waals surface area contributed by atoms with Crippen molar-refractivity contribution in [3.05, 3.63) is 108 Å².